The number of aryl methyl sites for hydroxylation is 2. The molecule has 0 bridgehead atoms. The first-order valence-electron chi connectivity index (χ1n) is 8.42. The van der Waals surface area contributed by atoms with Crippen molar-refractivity contribution in [2.24, 2.45) is 5.92 Å². The fourth-order valence-electron chi connectivity index (χ4n) is 2.78. The van der Waals surface area contributed by atoms with Gasteiger partial charge in [0.05, 0.1) is 6.42 Å². The molecule has 3 N–H and O–H groups in total. The smallest absolute Gasteiger partial charge is 0.227 e. The predicted molar refractivity (Wildman–Crippen MR) is 97.7 cm³/mol. The lowest BCUT2D eigenvalue weighted by molar-refractivity contribution is -0.131. The normalized spacial score (nSPS) is 12.0. The van der Waals surface area contributed by atoms with Crippen molar-refractivity contribution in [2.45, 2.75) is 33.7 Å². The summed E-state index contributed by atoms with van der Waals surface area (Å²) in [7, 11) is 0. The fraction of sp³-hybridized carbons (Fsp3) is 0.421. The van der Waals surface area contributed by atoms with Gasteiger partial charge < -0.3 is 15.7 Å². The molecule has 6 nitrogen and oxygen atoms in total. The Hall–Kier alpha value is -2.47. The number of benzene rings is 1. The van der Waals surface area contributed by atoms with Crippen molar-refractivity contribution in [3.63, 3.8) is 0 Å². The summed E-state index contributed by atoms with van der Waals surface area (Å²) in [6, 6.07) is 9.84. The standard InChI is InChI=1S/C19H26N4O2/c1-13(12-24)10-23(11-16-7-5-4-6-8-16)18(25)9-17-14(2)21-19(20)22-15(17)3/h4-8,13,24H,9-12H2,1-3H3,(H2,20,21,22)/t13-/m0/s1. The van der Waals surface area contributed by atoms with Crippen LogP contribution < -0.4 is 5.73 Å². The molecule has 0 saturated carbocycles. The van der Waals surface area contributed by atoms with Gasteiger partial charge >= 0.3 is 0 Å². The molecule has 2 rings (SSSR count). The van der Waals surface area contributed by atoms with E-state index >= 15 is 0 Å². The average Bonchev–Trinajstić information content (AvgIpc) is 2.58. The van der Waals surface area contributed by atoms with Crippen LogP contribution in [0.4, 0.5) is 5.95 Å². The summed E-state index contributed by atoms with van der Waals surface area (Å²) in [6.07, 6.45) is 0.225. The molecule has 0 spiro atoms. The van der Waals surface area contributed by atoms with Gasteiger partial charge in [-0.3, -0.25) is 4.79 Å². The summed E-state index contributed by atoms with van der Waals surface area (Å²) in [5.74, 6) is 0.225. The van der Waals surface area contributed by atoms with E-state index in [1.165, 1.54) is 0 Å². The zero-order chi connectivity index (χ0) is 18.4. The lowest BCUT2D eigenvalue weighted by Gasteiger charge is -2.26. The molecule has 0 fully saturated rings. The van der Waals surface area contributed by atoms with Crippen LogP contribution in [0.25, 0.3) is 0 Å². The maximum atomic E-state index is 12.9. The van der Waals surface area contributed by atoms with Gasteiger partial charge in [-0.2, -0.15) is 0 Å². The van der Waals surface area contributed by atoms with E-state index in [0.717, 1.165) is 22.5 Å². The molecule has 0 aliphatic rings. The van der Waals surface area contributed by atoms with Gasteiger partial charge in [0, 0.05) is 36.6 Å². The third-order valence-electron chi connectivity index (χ3n) is 4.18. The lowest BCUT2D eigenvalue weighted by Crippen LogP contribution is -2.36. The number of hydrogen-bond donors (Lipinski definition) is 2. The minimum atomic E-state index is -0.0104. The summed E-state index contributed by atoms with van der Waals surface area (Å²) in [6.45, 7) is 6.66. The molecule has 0 aliphatic carbocycles. The van der Waals surface area contributed by atoms with E-state index in [1.807, 2.05) is 51.1 Å². The number of anilines is 1. The first-order valence-corrected chi connectivity index (χ1v) is 8.42. The highest BCUT2D eigenvalue weighted by atomic mass is 16.3. The number of rotatable bonds is 7. The summed E-state index contributed by atoms with van der Waals surface area (Å²) < 4.78 is 0. The lowest BCUT2D eigenvalue weighted by atomic mass is 10.1. The van der Waals surface area contributed by atoms with Gasteiger partial charge in [-0.05, 0) is 25.3 Å². The minimum absolute atomic E-state index is 0.0104. The number of nitrogen functional groups attached to an aromatic ring is 1. The van der Waals surface area contributed by atoms with Crippen molar-refractivity contribution in [3.8, 4) is 0 Å². The highest BCUT2D eigenvalue weighted by Gasteiger charge is 2.20. The van der Waals surface area contributed by atoms with E-state index in [2.05, 4.69) is 9.97 Å². The second kappa shape index (κ2) is 8.58. The van der Waals surface area contributed by atoms with Crippen molar-refractivity contribution in [3.05, 3.63) is 52.8 Å². The summed E-state index contributed by atoms with van der Waals surface area (Å²) in [5, 5.41) is 9.37. The van der Waals surface area contributed by atoms with Gasteiger partial charge in [-0.25, -0.2) is 9.97 Å². The van der Waals surface area contributed by atoms with Gasteiger partial charge in [0.25, 0.3) is 0 Å². The number of amides is 1. The van der Waals surface area contributed by atoms with Crippen LogP contribution in [0.3, 0.4) is 0 Å². The number of aromatic nitrogens is 2. The molecule has 1 aromatic carbocycles. The average molecular weight is 342 g/mol. The molecular weight excluding hydrogens is 316 g/mol. The summed E-state index contributed by atoms with van der Waals surface area (Å²) >= 11 is 0. The van der Waals surface area contributed by atoms with Crippen molar-refractivity contribution in [1.82, 2.24) is 14.9 Å². The number of hydrogen-bond acceptors (Lipinski definition) is 5. The Morgan fingerprint density at radius 1 is 1.20 bits per heavy atom. The van der Waals surface area contributed by atoms with E-state index in [9.17, 15) is 9.90 Å². The van der Waals surface area contributed by atoms with Gasteiger partial charge in [-0.1, -0.05) is 37.3 Å². The van der Waals surface area contributed by atoms with E-state index < -0.39 is 0 Å². The van der Waals surface area contributed by atoms with Crippen LogP contribution in [0.15, 0.2) is 30.3 Å². The summed E-state index contributed by atoms with van der Waals surface area (Å²) in [4.78, 5) is 23.0. The third-order valence-corrected chi connectivity index (χ3v) is 4.18. The van der Waals surface area contributed by atoms with E-state index in [0.29, 0.717) is 13.1 Å². The molecule has 1 amide bonds. The largest absolute Gasteiger partial charge is 0.396 e. The topological polar surface area (TPSA) is 92.3 Å². The minimum Gasteiger partial charge on any atom is -0.396 e. The maximum Gasteiger partial charge on any atom is 0.227 e. The van der Waals surface area contributed by atoms with Crippen molar-refractivity contribution in [1.29, 1.82) is 0 Å². The van der Waals surface area contributed by atoms with E-state index in [1.54, 1.807) is 4.90 Å². The van der Waals surface area contributed by atoms with E-state index in [4.69, 9.17) is 5.73 Å². The number of nitrogens with zero attached hydrogens (tertiary/aromatic N) is 3. The van der Waals surface area contributed by atoms with E-state index in [-0.39, 0.29) is 30.8 Å². The Labute approximate surface area is 148 Å². The highest BCUT2D eigenvalue weighted by molar-refractivity contribution is 5.79. The zero-order valence-corrected chi connectivity index (χ0v) is 15.1. The fourth-order valence-corrected chi connectivity index (χ4v) is 2.78. The number of nitrogens with two attached hydrogens (primary N) is 1. The van der Waals surface area contributed by atoms with Gasteiger partial charge in [-0.15, -0.1) is 0 Å². The first kappa shape index (κ1) is 18.9. The Morgan fingerprint density at radius 3 is 2.36 bits per heavy atom. The second-order valence-corrected chi connectivity index (χ2v) is 6.46. The maximum absolute atomic E-state index is 12.9. The van der Waals surface area contributed by atoms with Crippen LogP contribution in [-0.2, 0) is 17.8 Å². The molecule has 1 atom stereocenters. The second-order valence-electron chi connectivity index (χ2n) is 6.46. The molecular formula is C19H26N4O2. The molecule has 0 saturated heterocycles. The number of carbonyl (C=O) groups is 1. The van der Waals surface area contributed by atoms with Gasteiger partial charge in [0.15, 0.2) is 0 Å². The van der Waals surface area contributed by atoms with Crippen molar-refractivity contribution < 1.29 is 9.90 Å². The SMILES string of the molecule is Cc1nc(N)nc(C)c1CC(=O)N(Cc1ccccc1)C[C@H](C)CO. The molecule has 6 heteroatoms. The molecule has 0 unspecified atom stereocenters. The molecule has 1 heterocycles. The number of aliphatic hydroxyl groups is 1. The first-order chi connectivity index (χ1) is 11.9. The Balaban J connectivity index is 2.20. The highest BCUT2D eigenvalue weighted by Crippen LogP contribution is 2.15. The van der Waals surface area contributed by atoms with Crippen LogP contribution in [0.5, 0.6) is 0 Å². The third kappa shape index (κ3) is 5.26. The monoisotopic (exact) mass is 342 g/mol. The molecule has 1 aromatic heterocycles. The van der Waals surface area contributed by atoms with Crippen molar-refractivity contribution in [2.75, 3.05) is 18.9 Å². The number of aliphatic hydroxyl groups excluding tert-OH is 1. The quantitative estimate of drug-likeness (QED) is 0.801. The molecule has 2 aromatic rings. The van der Waals surface area contributed by atoms with Crippen molar-refractivity contribution >= 4 is 11.9 Å². The zero-order valence-electron chi connectivity index (χ0n) is 15.1. The molecule has 0 radical (unpaired) electrons. The summed E-state index contributed by atoms with van der Waals surface area (Å²) in [5.41, 5.74) is 8.99. The van der Waals surface area contributed by atoms with Crippen LogP contribution in [0, 0.1) is 19.8 Å². The number of carbonyl (C=O) groups excluding carboxylic acids is 1. The van der Waals surface area contributed by atoms with Crippen LogP contribution in [0.1, 0.15) is 29.4 Å². The van der Waals surface area contributed by atoms with Crippen LogP contribution in [-0.4, -0.2) is 39.0 Å². The predicted octanol–water partition coefficient (Wildman–Crippen LogP) is 1.88. The van der Waals surface area contributed by atoms with Gasteiger partial charge in [0.2, 0.25) is 11.9 Å². The molecule has 0 aliphatic heterocycles. The molecule has 134 valence electrons. The van der Waals surface area contributed by atoms with Crippen LogP contribution in [0.2, 0.25) is 0 Å². The van der Waals surface area contributed by atoms with Gasteiger partial charge in [0.1, 0.15) is 0 Å². The molecule has 25 heavy (non-hydrogen) atoms. The Morgan fingerprint density at radius 2 is 1.80 bits per heavy atom. The Kier molecular flexibility index (Phi) is 6.47. The Bertz CT molecular complexity index is 696. The van der Waals surface area contributed by atoms with Crippen LogP contribution >= 0.6 is 0 Å².